The first-order valence-corrected chi connectivity index (χ1v) is 4.61. The normalized spacial score (nSPS) is 12.7. The number of rotatable bonds is 5. The number of carboxylic acids is 1. The molecule has 0 spiro atoms. The van der Waals surface area contributed by atoms with Gasteiger partial charge in [-0.05, 0) is 19.0 Å². The number of nitrogens with one attached hydrogen (secondary N) is 1. The van der Waals surface area contributed by atoms with Crippen molar-refractivity contribution in [1.29, 1.82) is 0 Å². The number of nitrogens with zero attached hydrogens (tertiary/aromatic N) is 2. The molecule has 1 heterocycles. The van der Waals surface area contributed by atoms with Gasteiger partial charge in [-0.15, -0.1) is 0 Å². The van der Waals surface area contributed by atoms with Crippen LogP contribution in [0.3, 0.4) is 0 Å². The number of hydrogen-bond donors (Lipinski definition) is 2. The Hall–Kier alpha value is -1.36. The highest BCUT2D eigenvalue weighted by Crippen LogP contribution is 2.09. The monoisotopic (exact) mass is 197 g/mol. The van der Waals surface area contributed by atoms with E-state index in [0.717, 1.165) is 6.42 Å². The van der Waals surface area contributed by atoms with E-state index in [1.54, 1.807) is 24.0 Å². The maximum absolute atomic E-state index is 10.9. The lowest BCUT2D eigenvalue weighted by molar-refractivity contribution is -0.139. The molecular weight excluding hydrogens is 182 g/mol. The van der Waals surface area contributed by atoms with Gasteiger partial charge in [0.25, 0.3) is 0 Å². The molecular formula is C9H15N3O2. The number of carboxylic acid groups (broad SMARTS) is 1. The average Bonchev–Trinajstić information content (AvgIpc) is 2.52. The highest BCUT2D eigenvalue weighted by molar-refractivity contribution is 5.74. The highest BCUT2D eigenvalue weighted by atomic mass is 16.4. The Bertz CT molecular complexity index is 309. The van der Waals surface area contributed by atoms with Crippen molar-refractivity contribution in [2.75, 3.05) is 6.54 Å². The zero-order valence-corrected chi connectivity index (χ0v) is 8.40. The molecule has 0 aliphatic carbocycles. The largest absolute Gasteiger partial charge is 0.480 e. The quantitative estimate of drug-likeness (QED) is 0.723. The molecule has 5 heteroatoms. The van der Waals surface area contributed by atoms with Gasteiger partial charge in [0.15, 0.2) is 6.04 Å². The molecule has 1 aromatic rings. The number of aliphatic carboxylic acids is 1. The van der Waals surface area contributed by atoms with Crippen LogP contribution >= 0.6 is 0 Å². The molecule has 78 valence electrons. The van der Waals surface area contributed by atoms with Crippen LogP contribution in [0.15, 0.2) is 12.3 Å². The van der Waals surface area contributed by atoms with Gasteiger partial charge < -0.3 is 5.11 Å². The first-order valence-electron chi connectivity index (χ1n) is 4.61. The van der Waals surface area contributed by atoms with Crippen molar-refractivity contribution in [3.05, 3.63) is 18.0 Å². The first-order chi connectivity index (χ1) is 6.65. The van der Waals surface area contributed by atoms with Gasteiger partial charge >= 0.3 is 5.97 Å². The van der Waals surface area contributed by atoms with E-state index in [-0.39, 0.29) is 0 Å². The lowest BCUT2D eigenvalue weighted by atomic mass is 10.2. The molecule has 5 nitrogen and oxygen atoms in total. The zero-order valence-electron chi connectivity index (χ0n) is 8.40. The molecule has 0 amide bonds. The van der Waals surface area contributed by atoms with Crippen LogP contribution in [0.4, 0.5) is 0 Å². The third kappa shape index (κ3) is 2.56. The third-order valence-electron chi connectivity index (χ3n) is 1.88. The van der Waals surface area contributed by atoms with Crippen LogP contribution in [0.5, 0.6) is 0 Å². The Morgan fingerprint density at radius 2 is 2.50 bits per heavy atom. The number of aromatic nitrogens is 2. The summed E-state index contributed by atoms with van der Waals surface area (Å²) >= 11 is 0. The Balaban J connectivity index is 2.72. The van der Waals surface area contributed by atoms with Crippen molar-refractivity contribution in [2.45, 2.75) is 19.4 Å². The smallest absolute Gasteiger partial charge is 0.327 e. The van der Waals surface area contributed by atoms with E-state index in [1.165, 1.54) is 0 Å². The molecule has 1 unspecified atom stereocenters. The highest BCUT2D eigenvalue weighted by Gasteiger charge is 2.20. The maximum Gasteiger partial charge on any atom is 0.327 e. The first kappa shape index (κ1) is 10.7. The lowest BCUT2D eigenvalue weighted by Gasteiger charge is -2.10. The van der Waals surface area contributed by atoms with Gasteiger partial charge in [0.05, 0.1) is 5.69 Å². The summed E-state index contributed by atoms with van der Waals surface area (Å²) in [6.07, 6.45) is 2.63. The van der Waals surface area contributed by atoms with Crippen molar-refractivity contribution in [3.63, 3.8) is 0 Å². The minimum absolute atomic E-state index is 0.549. The van der Waals surface area contributed by atoms with Crippen LogP contribution in [0.1, 0.15) is 25.1 Å². The average molecular weight is 197 g/mol. The van der Waals surface area contributed by atoms with Gasteiger partial charge in [0, 0.05) is 13.2 Å². The van der Waals surface area contributed by atoms with Gasteiger partial charge in [0.1, 0.15) is 0 Å². The van der Waals surface area contributed by atoms with E-state index >= 15 is 0 Å². The lowest BCUT2D eigenvalue weighted by Crippen LogP contribution is -2.29. The molecule has 1 atom stereocenters. The summed E-state index contributed by atoms with van der Waals surface area (Å²) in [5.74, 6) is -0.892. The summed E-state index contributed by atoms with van der Waals surface area (Å²) in [5.41, 5.74) is 0.549. The van der Waals surface area contributed by atoms with E-state index in [9.17, 15) is 4.79 Å². The topological polar surface area (TPSA) is 67.2 Å². The van der Waals surface area contributed by atoms with E-state index in [1.807, 2.05) is 6.92 Å². The van der Waals surface area contributed by atoms with Gasteiger partial charge in [-0.3, -0.25) is 14.8 Å². The molecule has 0 aliphatic heterocycles. The summed E-state index contributed by atoms with van der Waals surface area (Å²) in [6.45, 7) is 2.66. The van der Waals surface area contributed by atoms with Crippen LogP contribution in [-0.4, -0.2) is 27.4 Å². The number of hydrogen-bond acceptors (Lipinski definition) is 3. The molecule has 2 N–H and O–H groups in total. The molecule has 0 saturated carbocycles. The van der Waals surface area contributed by atoms with Crippen LogP contribution in [0.2, 0.25) is 0 Å². The Morgan fingerprint density at radius 3 is 2.93 bits per heavy atom. The Kier molecular flexibility index (Phi) is 3.64. The SMILES string of the molecule is CCCNC(C(=O)O)c1ccn(C)n1. The summed E-state index contributed by atoms with van der Waals surface area (Å²) in [6, 6.07) is 1.01. The van der Waals surface area contributed by atoms with E-state index < -0.39 is 12.0 Å². The molecule has 0 fully saturated rings. The Labute approximate surface area is 82.7 Å². The minimum atomic E-state index is -0.892. The predicted molar refractivity (Wildman–Crippen MR) is 51.9 cm³/mol. The van der Waals surface area contributed by atoms with Gasteiger partial charge in [-0.1, -0.05) is 6.92 Å². The molecule has 0 saturated heterocycles. The summed E-state index contributed by atoms with van der Waals surface area (Å²) in [5, 5.41) is 15.9. The molecule has 0 bridgehead atoms. The van der Waals surface area contributed by atoms with E-state index in [0.29, 0.717) is 12.2 Å². The maximum atomic E-state index is 10.9. The predicted octanol–water partition coefficient (Wildman–Crippen LogP) is 0.545. The van der Waals surface area contributed by atoms with E-state index in [4.69, 9.17) is 5.11 Å². The fourth-order valence-electron chi connectivity index (χ4n) is 1.19. The van der Waals surface area contributed by atoms with Gasteiger partial charge in [0.2, 0.25) is 0 Å². The van der Waals surface area contributed by atoms with Gasteiger partial charge in [-0.2, -0.15) is 5.10 Å². The standard InChI is InChI=1S/C9H15N3O2/c1-3-5-10-8(9(13)14)7-4-6-12(2)11-7/h4,6,8,10H,3,5H2,1-2H3,(H,13,14). The summed E-state index contributed by atoms with van der Waals surface area (Å²) in [4.78, 5) is 10.9. The molecule has 0 radical (unpaired) electrons. The summed E-state index contributed by atoms with van der Waals surface area (Å²) < 4.78 is 1.60. The minimum Gasteiger partial charge on any atom is -0.480 e. The molecule has 0 aliphatic rings. The van der Waals surface area contributed by atoms with Crippen molar-refractivity contribution in [2.24, 2.45) is 7.05 Å². The van der Waals surface area contributed by atoms with Crippen molar-refractivity contribution in [3.8, 4) is 0 Å². The van der Waals surface area contributed by atoms with Crippen molar-refractivity contribution >= 4 is 5.97 Å². The van der Waals surface area contributed by atoms with E-state index in [2.05, 4.69) is 10.4 Å². The van der Waals surface area contributed by atoms with Crippen molar-refractivity contribution < 1.29 is 9.90 Å². The van der Waals surface area contributed by atoms with Crippen molar-refractivity contribution in [1.82, 2.24) is 15.1 Å². The Morgan fingerprint density at radius 1 is 1.79 bits per heavy atom. The molecule has 14 heavy (non-hydrogen) atoms. The third-order valence-corrected chi connectivity index (χ3v) is 1.88. The molecule has 0 aromatic carbocycles. The van der Waals surface area contributed by atoms with Crippen LogP contribution in [0, 0.1) is 0 Å². The molecule has 1 aromatic heterocycles. The number of aryl methyl sites for hydroxylation is 1. The summed E-state index contributed by atoms with van der Waals surface area (Å²) in [7, 11) is 1.77. The van der Waals surface area contributed by atoms with Crippen LogP contribution in [0.25, 0.3) is 0 Å². The second-order valence-corrected chi connectivity index (χ2v) is 3.14. The molecule has 1 rings (SSSR count). The van der Waals surface area contributed by atoms with Crippen LogP contribution in [-0.2, 0) is 11.8 Å². The number of carbonyl (C=O) groups is 1. The zero-order chi connectivity index (χ0) is 10.6. The van der Waals surface area contributed by atoms with Crippen LogP contribution < -0.4 is 5.32 Å². The second-order valence-electron chi connectivity index (χ2n) is 3.14. The fourth-order valence-corrected chi connectivity index (χ4v) is 1.19. The second kappa shape index (κ2) is 4.76. The fraction of sp³-hybridized carbons (Fsp3) is 0.556. The van der Waals surface area contributed by atoms with Gasteiger partial charge in [-0.25, -0.2) is 0 Å².